The van der Waals surface area contributed by atoms with Gasteiger partial charge >= 0.3 is 0 Å². The number of nitrogens with zero attached hydrogens (tertiary/aromatic N) is 1. The van der Waals surface area contributed by atoms with Crippen molar-refractivity contribution in [3.05, 3.63) is 46.4 Å². The lowest BCUT2D eigenvalue weighted by Gasteiger charge is -2.19. The standard InChI is InChI=1S/C20H21BrN2O4/c1-12-4-5-13(21)10-16(12)23-9-8-15(20(23)25)19(24)22-14-6-7-17(26-2)18(11-14)27-3/h4-7,10-11,15H,8-9H2,1-3H3,(H,22,24). The summed E-state index contributed by atoms with van der Waals surface area (Å²) in [5.41, 5.74) is 2.38. The van der Waals surface area contributed by atoms with Crippen molar-refractivity contribution in [3.63, 3.8) is 0 Å². The van der Waals surface area contributed by atoms with Crippen LogP contribution in [0.2, 0.25) is 0 Å². The molecule has 1 unspecified atom stereocenters. The Balaban J connectivity index is 1.75. The highest BCUT2D eigenvalue weighted by Gasteiger charge is 2.38. The minimum absolute atomic E-state index is 0.186. The van der Waals surface area contributed by atoms with E-state index in [9.17, 15) is 9.59 Å². The molecule has 0 bridgehead atoms. The quantitative estimate of drug-likeness (QED) is 0.730. The van der Waals surface area contributed by atoms with Gasteiger partial charge in [0.2, 0.25) is 11.8 Å². The number of amides is 2. The van der Waals surface area contributed by atoms with E-state index in [-0.39, 0.29) is 11.8 Å². The molecule has 2 amide bonds. The highest BCUT2D eigenvalue weighted by atomic mass is 79.9. The van der Waals surface area contributed by atoms with E-state index < -0.39 is 5.92 Å². The molecule has 7 heteroatoms. The third-order valence-corrected chi connectivity index (χ3v) is 5.13. The zero-order chi connectivity index (χ0) is 19.6. The average molecular weight is 433 g/mol. The van der Waals surface area contributed by atoms with Crippen LogP contribution >= 0.6 is 15.9 Å². The van der Waals surface area contributed by atoms with Crippen LogP contribution in [0.15, 0.2) is 40.9 Å². The summed E-state index contributed by atoms with van der Waals surface area (Å²) < 4.78 is 11.3. The minimum Gasteiger partial charge on any atom is -0.493 e. The number of aryl methyl sites for hydroxylation is 1. The fourth-order valence-corrected chi connectivity index (χ4v) is 3.53. The summed E-state index contributed by atoms with van der Waals surface area (Å²) in [6, 6.07) is 10.9. The van der Waals surface area contributed by atoms with E-state index in [1.807, 2.05) is 25.1 Å². The Morgan fingerprint density at radius 1 is 1.15 bits per heavy atom. The zero-order valence-electron chi connectivity index (χ0n) is 15.4. The van der Waals surface area contributed by atoms with Gasteiger partial charge in [0.05, 0.1) is 14.2 Å². The highest BCUT2D eigenvalue weighted by molar-refractivity contribution is 9.10. The van der Waals surface area contributed by atoms with E-state index in [2.05, 4.69) is 21.2 Å². The first-order valence-corrected chi connectivity index (χ1v) is 9.34. The lowest BCUT2D eigenvalue weighted by Crippen LogP contribution is -2.33. The van der Waals surface area contributed by atoms with Crippen LogP contribution in [0.25, 0.3) is 0 Å². The third-order valence-electron chi connectivity index (χ3n) is 4.64. The van der Waals surface area contributed by atoms with Crippen LogP contribution in [0.5, 0.6) is 11.5 Å². The first kappa shape index (κ1) is 19.2. The Morgan fingerprint density at radius 2 is 1.89 bits per heavy atom. The molecule has 1 aliphatic heterocycles. The number of carbonyl (C=O) groups excluding carboxylic acids is 2. The van der Waals surface area contributed by atoms with Gasteiger partial charge in [-0.3, -0.25) is 9.59 Å². The molecule has 0 radical (unpaired) electrons. The number of carbonyl (C=O) groups is 2. The Labute approximate surface area is 166 Å². The number of halogens is 1. The summed E-state index contributed by atoms with van der Waals surface area (Å²) >= 11 is 3.44. The molecule has 6 nitrogen and oxygen atoms in total. The van der Waals surface area contributed by atoms with E-state index in [0.717, 1.165) is 15.7 Å². The minimum atomic E-state index is -0.712. The van der Waals surface area contributed by atoms with E-state index in [0.29, 0.717) is 30.2 Å². The van der Waals surface area contributed by atoms with Gasteiger partial charge in [-0.1, -0.05) is 22.0 Å². The molecule has 27 heavy (non-hydrogen) atoms. The van der Waals surface area contributed by atoms with E-state index in [4.69, 9.17) is 9.47 Å². The smallest absolute Gasteiger partial charge is 0.239 e. The van der Waals surface area contributed by atoms with E-state index >= 15 is 0 Å². The van der Waals surface area contributed by atoms with Crippen LogP contribution in [0.3, 0.4) is 0 Å². The Bertz CT molecular complexity index is 884. The fraction of sp³-hybridized carbons (Fsp3) is 0.300. The maximum Gasteiger partial charge on any atom is 0.239 e. The van der Waals surface area contributed by atoms with Crippen molar-refractivity contribution in [2.24, 2.45) is 5.92 Å². The Kier molecular flexibility index (Phi) is 5.70. The SMILES string of the molecule is COc1ccc(NC(=O)C2CCN(c3cc(Br)ccc3C)C2=O)cc1OC. The van der Waals surface area contributed by atoms with Crippen LogP contribution in [-0.4, -0.2) is 32.6 Å². The molecule has 1 heterocycles. The van der Waals surface area contributed by atoms with Gasteiger partial charge in [-0.25, -0.2) is 0 Å². The predicted octanol–water partition coefficient (Wildman–Crippen LogP) is 3.77. The lowest BCUT2D eigenvalue weighted by atomic mass is 10.1. The second-order valence-electron chi connectivity index (χ2n) is 6.32. The van der Waals surface area contributed by atoms with Crippen LogP contribution in [0.1, 0.15) is 12.0 Å². The second kappa shape index (κ2) is 8.00. The van der Waals surface area contributed by atoms with E-state index in [1.165, 1.54) is 7.11 Å². The highest BCUT2D eigenvalue weighted by Crippen LogP contribution is 2.32. The normalized spacial score (nSPS) is 16.4. The summed E-state index contributed by atoms with van der Waals surface area (Å²) in [6.45, 7) is 2.46. The van der Waals surface area contributed by atoms with Crippen molar-refractivity contribution in [2.45, 2.75) is 13.3 Å². The number of benzene rings is 2. The fourth-order valence-electron chi connectivity index (χ4n) is 3.18. The van der Waals surface area contributed by atoms with Gasteiger partial charge in [0, 0.05) is 28.5 Å². The summed E-state index contributed by atoms with van der Waals surface area (Å²) in [5.74, 6) is -0.129. The molecule has 1 atom stereocenters. The molecule has 0 aliphatic carbocycles. The third kappa shape index (κ3) is 3.93. The number of nitrogens with one attached hydrogen (secondary N) is 1. The van der Waals surface area contributed by atoms with Crippen molar-refractivity contribution in [1.29, 1.82) is 0 Å². The molecule has 0 spiro atoms. The molecule has 2 aromatic rings. The molecule has 0 aromatic heterocycles. The van der Waals surface area contributed by atoms with Gasteiger partial charge in [-0.2, -0.15) is 0 Å². The molecule has 3 rings (SSSR count). The number of anilines is 2. The molecule has 2 aromatic carbocycles. The van der Waals surface area contributed by atoms with Crippen molar-refractivity contribution >= 4 is 39.1 Å². The molecular weight excluding hydrogens is 412 g/mol. The summed E-state index contributed by atoms with van der Waals surface area (Å²) in [4.78, 5) is 27.2. The number of hydrogen-bond donors (Lipinski definition) is 1. The van der Waals surface area contributed by atoms with Gasteiger partial charge in [0.25, 0.3) is 0 Å². The Hall–Kier alpha value is -2.54. The monoisotopic (exact) mass is 432 g/mol. The molecule has 1 fully saturated rings. The van der Waals surface area contributed by atoms with Gasteiger partial charge in [0.15, 0.2) is 11.5 Å². The van der Waals surface area contributed by atoms with Crippen molar-refractivity contribution in [1.82, 2.24) is 0 Å². The van der Waals surface area contributed by atoms with Crippen LogP contribution < -0.4 is 19.7 Å². The van der Waals surface area contributed by atoms with Crippen LogP contribution in [-0.2, 0) is 9.59 Å². The van der Waals surface area contributed by atoms with Crippen LogP contribution in [0, 0.1) is 12.8 Å². The molecule has 1 N–H and O–H groups in total. The van der Waals surface area contributed by atoms with E-state index in [1.54, 1.807) is 30.2 Å². The topological polar surface area (TPSA) is 67.9 Å². The van der Waals surface area contributed by atoms with Gasteiger partial charge < -0.3 is 19.7 Å². The average Bonchev–Trinajstić information content (AvgIpc) is 3.05. The van der Waals surface area contributed by atoms with Crippen molar-refractivity contribution in [2.75, 3.05) is 31.0 Å². The van der Waals surface area contributed by atoms with Gasteiger partial charge in [-0.05, 0) is 43.2 Å². The molecular formula is C20H21BrN2O4. The largest absolute Gasteiger partial charge is 0.493 e. The Morgan fingerprint density at radius 3 is 2.59 bits per heavy atom. The molecule has 0 saturated carbocycles. The molecule has 142 valence electrons. The first-order valence-electron chi connectivity index (χ1n) is 8.55. The summed E-state index contributed by atoms with van der Waals surface area (Å²) in [5, 5.41) is 2.81. The second-order valence-corrected chi connectivity index (χ2v) is 7.24. The summed E-state index contributed by atoms with van der Waals surface area (Å²) in [7, 11) is 3.08. The number of ether oxygens (including phenoxy) is 2. The number of methoxy groups -OCH3 is 2. The molecule has 1 aliphatic rings. The molecule has 1 saturated heterocycles. The maximum absolute atomic E-state index is 12.8. The van der Waals surface area contributed by atoms with Crippen molar-refractivity contribution < 1.29 is 19.1 Å². The number of rotatable bonds is 5. The first-order chi connectivity index (χ1) is 12.9. The van der Waals surface area contributed by atoms with Crippen molar-refractivity contribution in [3.8, 4) is 11.5 Å². The predicted molar refractivity (Wildman–Crippen MR) is 108 cm³/mol. The van der Waals surface area contributed by atoms with Crippen LogP contribution in [0.4, 0.5) is 11.4 Å². The van der Waals surface area contributed by atoms with Gasteiger partial charge in [-0.15, -0.1) is 0 Å². The summed E-state index contributed by atoms with van der Waals surface area (Å²) in [6.07, 6.45) is 0.476. The lowest BCUT2D eigenvalue weighted by molar-refractivity contribution is -0.129. The zero-order valence-corrected chi connectivity index (χ0v) is 17.0. The maximum atomic E-state index is 12.8. The number of hydrogen-bond acceptors (Lipinski definition) is 4. The van der Waals surface area contributed by atoms with Gasteiger partial charge in [0.1, 0.15) is 5.92 Å².